The number of hydrogen-bond donors (Lipinski definition) is 2. The predicted octanol–water partition coefficient (Wildman–Crippen LogP) is 3.05. The monoisotopic (exact) mass is 314 g/mol. The first-order chi connectivity index (χ1) is 10.6. The van der Waals surface area contributed by atoms with Gasteiger partial charge in [-0.3, -0.25) is 4.98 Å². The molecule has 112 valence electrons. The molecule has 2 aliphatic rings. The van der Waals surface area contributed by atoms with E-state index in [1.165, 1.54) is 19.3 Å². The molecular formula is C16H15ClN4O. The first-order valence-corrected chi connectivity index (χ1v) is 7.98. The summed E-state index contributed by atoms with van der Waals surface area (Å²) in [5, 5.41) is 1.61. The van der Waals surface area contributed by atoms with E-state index < -0.39 is 0 Å². The van der Waals surface area contributed by atoms with Crippen molar-refractivity contribution in [3.05, 3.63) is 33.7 Å². The number of fused-ring (bicyclic) bond motifs is 2. The third kappa shape index (κ3) is 1.60. The van der Waals surface area contributed by atoms with E-state index in [9.17, 15) is 4.79 Å². The summed E-state index contributed by atoms with van der Waals surface area (Å²) < 4.78 is 0. The Morgan fingerprint density at radius 1 is 1.23 bits per heavy atom. The molecule has 1 aliphatic heterocycles. The van der Waals surface area contributed by atoms with Gasteiger partial charge >= 0.3 is 5.69 Å². The van der Waals surface area contributed by atoms with Gasteiger partial charge in [0.05, 0.1) is 21.7 Å². The zero-order valence-electron chi connectivity index (χ0n) is 11.9. The van der Waals surface area contributed by atoms with Gasteiger partial charge in [-0.1, -0.05) is 18.0 Å². The second kappa shape index (κ2) is 4.04. The van der Waals surface area contributed by atoms with Crippen LogP contribution in [-0.4, -0.2) is 28.0 Å². The average Bonchev–Trinajstić information content (AvgIpc) is 2.75. The van der Waals surface area contributed by atoms with Crippen LogP contribution in [0.3, 0.4) is 0 Å². The second-order valence-corrected chi connectivity index (χ2v) is 7.02. The molecule has 0 amide bonds. The fourth-order valence-electron chi connectivity index (χ4n) is 3.82. The van der Waals surface area contributed by atoms with Crippen molar-refractivity contribution in [3.8, 4) is 0 Å². The van der Waals surface area contributed by atoms with E-state index >= 15 is 0 Å². The van der Waals surface area contributed by atoms with Crippen LogP contribution in [0.25, 0.3) is 22.1 Å². The maximum Gasteiger partial charge on any atom is 0.325 e. The van der Waals surface area contributed by atoms with Crippen molar-refractivity contribution in [1.82, 2.24) is 15.0 Å². The molecular weight excluding hydrogens is 300 g/mol. The van der Waals surface area contributed by atoms with Crippen LogP contribution >= 0.6 is 11.6 Å². The third-order valence-electron chi connectivity index (χ3n) is 5.20. The highest BCUT2D eigenvalue weighted by Gasteiger charge is 2.47. The van der Waals surface area contributed by atoms with Gasteiger partial charge in [0.25, 0.3) is 0 Å². The van der Waals surface area contributed by atoms with Crippen LogP contribution in [0.15, 0.2) is 23.0 Å². The molecule has 22 heavy (non-hydrogen) atoms. The number of rotatable bonds is 1. The first-order valence-electron chi connectivity index (χ1n) is 7.60. The predicted molar refractivity (Wildman–Crippen MR) is 87.7 cm³/mol. The summed E-state index contributed by atoms with van der Waals surface area (Å²) in [5.74, 6) is 0. The number of imidazole rings is 1. The zero-order chi connectivity index (χ0) is 14.9. The number of anilines is 1. The molecule has 3 heterocycles. The maximum absolute atomic E-state index is 11.4. The molecule has 2 N–H and O–H groups in total. The van der Waals surface area contributed by atoms with Crippen molar-refractivity contribution in [2.45, 2.75) is 19.3 Å². The van der Waals surface area contributed by atoms with E-state index in [0.717, 1.165) is 34.7 Å². The second-order valence-electron chi connectivity index (χ2n) is 6.64. The molecule has 0 bridgehead atoms. The third-order valence-corrected chi connectivity index (χ3v) is 5.60. The normalized spacial score (nSPS) is 19.6. The summed E-state index contributed by atoms with van der Waals surface area (Å²) in [6.07, 6.45) is 4.06. The standard InChI is InChI=1S/C16H15ClN4O/c17-13-9-6-11-14(20-15(22)19-11)18-10(9)2-3-12(13)21-7-16(8-21)4-1-5-16/h2-3,6H,1,4-5,7-8H2,(H2,18,19,20,22). The summed E-state index contributed by atoms with van der Waals surface area (Å²) in [4.78, 5) is 23.6. The van der Waals surface area contributed by atoms with Crippen LogP contribution in [0.2, 0.25) is 5.02 Å². The van der Waals surface area contributed by atoms with E-state index in [2.05, 4.69) is 19.9 Å². The van der Waals surface area contributed by atoms with Crippen molar-refractivity contribution in [1.29, 1.82) is 0 Å². The van der Waals surface area contributed by atoms with Crippen LogP contribution in [-0.2, 0) is 0 Å². The molecule has 1 saturated heterocycles. The van der Waals surface area contributed by atoms with Crippen molar-refractivity contribution in [3.63, 3.8) is 0 Å². The number of H-pyrrole nitrogens is 2. The van der Waals surface area contributed by atoms with E-state index in [1.807, 2.05) is 18.2 Å². The Kier molecular flexibility index (Phi) is 2.30. The maximum atomic E-state index is 11.4. The van der Waals surface area contributed by atoms with Gasteiger partial charge < -0.3 is 9.88 Å². The molecule has 1 saturated carbocycles. The minimum absolute atomic E-state index is 0.246. The lowest BCUT2D eigenvalue weighted by molar-refractivity contribution is 0.0904. The molecule has 5 rings (SSSR count). The van der Waals surface area contributed by atoms with E-state index in [4.69, 9.17) is 11.6 Å². The Bertz CT molecular complexity index is 961. The molecule has 3 aromatic rings. The first kappa shape index (κ1) is 12.5. The van der Waals surface area contributed by atoms with Gasteiger partial charge in [-0.25, -0.2) is 9.78 Å². The summed E-state index contributed by atoms with van der Waals surface area (Å²) in [6.45, 7) is 2.21. The van der Waals surface area contributed by atoms with E-state index in [-0.39, 0.29) is 5.69 Å². The topological polar surface area (TPSA) is 64.8 Å². The molecule has 6 heteroatoms. The number of benzene rings is 1. The molecule has 0 radical (unpaired) electrons. The number of aromatic amines is 2. The van der Waals surface area contributed by atoms with Crippen molar-refractivity contribution in [2.24, 2.45) is 5.41 Å². The lowest BCUT2D eigenvalue weighted by atomic mass is 9.63. The van der Waals surface area contributed by atoms with Gasteiger partial charge in [0.1, 0.15) is 0 Å². The molecule has 0 unspecified atom stereocenters. The van der Waals surface area contributed by atoms with Gasteiger partial charge in [0.15, 0.2) is 5.65 Å². The minimum Gasteiger partial charge on any atom is -0.369 e. The lowest BCUT2D eigenvalue weighted by Gasteiger charge is -2.57. The molecule has 1 aliphatic carbocycles. The van der Waals surface area contributed by atoms with Gasteiger partial charge in [-0.05, 0) is 31.0 Å². The summed E-state index contributed by atoms with van der Waals surface area (Å²) >= 11 is 6.63. The van der Waals surface area contributed by atoms with Crippen molar-refractivity contribution < 1.29 is 0 Å². The number of pyridine rings is 1. The fourth-order valence-corrected chi connectivity index (χ4v) is 4.16. The highest BCUT2D eigenvalue weighted by molar-refractivity contribution is 6.38. The Morgan fingerprint density at radius 2 is 2.05 bits per heavy atom. The highest BCUT2D eigenvalue weighted by Crippen LogP contribution is 2.50. The summed E-state index contributed by atoms with van der Waals surface area (Å²) in [6, 6.07) is 5.92. The quantitative estimate of drug-likeness (QED) is 0.725. The highest BCUT2D eigenvalue weighted by atomic mass is 35.5. The Hall–Kier alpha value is -2.01. The van der Waals surface area contributed by atoms with Gasteiger partial charge in [-0.2, -0.15) is 0 Å². The molecule has 2 fully saturated rings. The largest absolute Gasteiger partial charge is 0.369 e. The Morgan fingerprint density at radius 3 is 2.77 bits per heavy atom. The van der Waals surface area contributed by atoms with E-state index in [0.29, 0.717) is 16.6 Å². The SMILES string of the molecule is O=c1[nH]c2cc3c(Cl)c(N4CC5(CCC5)C4)ccc3nc2[nH]1. The molecule has 2 aromatic heterocycles. The molecule has 1 spiro atoms. The molecule has 5 nitrogen and oxygen atoms in total. The molecule has 1 aromatic carbocycles. The summed E-state index contributed by atoms with van der Waals surface area (Å²) in [5.41, 5.74) is 3.45. The van der Waals surface area contributed by atoms with E-state index in [1.54, 1.807) is 0 Å². The van der Waals surface area contributed by atoms with Crippen LogP contribution < -0.4 is 10.6 Å². The summed E-state index contributed by atoms with van der Waals surface area (Å²) in [7, 11) is 0. The van der Waals surface area contributed by atoms with Gasteiger partial charge in [0.2, 0.25) is 0 Å². The van der Waals surface area contributed by atoms with Crippen LogP contribution in [0.4, 0.5) is 5.69 Å². The molecule has 0 atom stereocenters. The van der Waals surface area contributed by atoms with Gasteiger partial charge in [-0.15, -0.1) is 0 Å². The lowest BCUT2D eigenvalue weighted by Crippen LogP contribution is -2.59. The number of aromatic nitrogens is 3. The Labute approximate surface area is 131 Å². The van der Waals surface area contributed by atoms with Crippen molar-refractivity contribution in [2.75, 3.05) is 18.0 Å². The van der Waals surface area contributed by atoms with Crippen LogP contribution in [0.1, 0.15) is 19.3 Å². The van der Waals surface area contributed by atoms with Gasteiger partial charge in [0, 0.05) is 23.9 Å². The minimum atomic E-state index is -0.246. The van der Waals surface area contributed by atoms with Crippen LogP contribution in [0.5, 0.6) is 0 Å². The fraction of sp³-hybridized carbons (Fsp3) is 0.375. The Balaban J connectivity index is 1.62. The smallest absolute Gasteiger partial charge is 0.325 e. The zero-order valence-corrected chi connectivity index (χ0v) is 12.7. The average molecular weight is 315 g/mol. The van der Waals surface area contributed by atoms with Crippen LogP contribution in [0, 0.1) is 5.41 Å². The number of halogens is 1. The van der Waals surface area contributed by atoms with Crippen molar-refractivity contribution >= 4 is 39.4 Å². The number of nitrogens with one attached hydrogen (secondary N) is 2. The number of nitrogens with zero attached hydrogens (tertiary/aromatic N) is 2. The number of hydrogen-bond acceptors (Lipinski definition) is 3.